The molecular formula is C18H21FN6. The van der Waals surface area contributed by atoms with Crippen LogP contribution in [0.3, 0.4) is 0 Å². The molecule has 25 heavy (non-hydrogen) atoms. The molecule has 0 saturated carbocycles. The summed E-state index contributed by atoms with van der Waals surface area (Å²) in [6, 6.07) is 14.4. The maximum absolute atomic E-state index is 14.0. The third-order valence-electron chi connectivity index (χ3n) is 3.90. The van der Waals surface area contributed by atoms with Gasteiger partial charge in [-0.25, -0.2) is 14.4 Å². The number of aliphatic imine (C=N–C) groups is 2. The minimum atomic E-state index is -0.469. The first-order valence-electron chi connectivity index (χ1n) is 8.17. The summed E-state index contributed by atoms with van der Waals surface area (Å²) in [6.45, 7) is 1.81. The highest BCUT2D eigenvalue weighted by molar-refractivity contribution is 5.94. The van der Waals surface area contributed by atoms with Crippen molar-refractivity contribution in [1.29, 1.82) is 0 Å². The second-order valence-corrected chi connectivity index (χ2v) is 5.81. The molecule has 7 heteroatoms. The molecule has 0 spiro atoms. The second kappa shape index (κ2) is 7.76. The Labute approximate surface area is 146 Å². The van der Waals surface area contributed by atoms with E-state index in [9.17, 15) is 4.39 Å². The minimum absolute atomic E-state index is 0.103. The molecule has 1 fully saturated rings. The molecule has 0 amide bonds. The molecule has 0 radical (unpaired) electrons. The van der Waals surface area contributed by atoms with Crippen LogP contribution < -0.4 is 16.9 Å². The van der Waals surface area contributed by atoms with Crippen LogP contribution >= 0.6 is 0 Å². The first-order chi connectivity index (χ1) is 12.1. The summed E-state index contributed by atoms with van der Waals surface area (Å²) in [4.78, 5) is 8.03. The van der Waals surface area contributed by atoms with Gasteiger partial charge in [-0.2, -0.15) is 4.99 Å². The molecule has 0 bridgehead atoms. The van der Waals surface area contributed by atoms with Gasteiger partial charge in [0.2, 0.25) is 11.9 Å². The Morgan fingerprint density at radius 3 is 2.44 bits per heavy atom. The maximum atomic E-state index is 14.0. The highest BCUT2D eigenvalue weighted by Crippen LogP contribution is 2.26. The van der Waals surface area contributed by atoms with Gasteiger partial charge in [0.25, 0.3) is 0 Å². The van der Waals surface area contributed by atoms with Crippen molar-refractivity contribution < 1.29 is 4.39 Å². The summed E-state index contributed by atoms with van der Waals surface area (Å²) in [5.74, 6) is -0.431. The van der Waals surface area contributed by atoms with Crippen molar-refractivity contribution in [2.45, 2.75) is 12.8 Å². The van der Waals surface area contributed by atoms with E-state index in [1.54, 1.807) is 12.1 Å². The topological polar surface area (TPSA) is 92.0 Å². The molecule has 130 valence electrons. The molecule has 2 aromatic carbocycles. The molecule has 0 unspecified atom stereocenters. The van der Waals surface area contributed by atoms with E-state index in [1.807, 2.05) is 35.3 Å². The van der Waals surface area contributed by atoms with Gasteiger partial charge in [0.15, 0.2) is 0 Å². The Balaban J connectivity index is 1.79. The molecule has 1 heterocycles. The van der Waals surface area contributed by atoms with E-state index in [0.29, 0.717) is 0 Å². The smallest absolute Gasteiger partial charge is 0.223 e. The third kappa shape index (κ3) is 4.54. The van der Waals surface area contributed by atoms with Gasteiger partial charge < -0.3 is 11.5 Å². The predicted octanol–water partition coefficient (Wildman–Crippen LogP) is 2.35. The fourth-order valence-electron chi connectivity index (χ4n) is 2.70. The van der Waals surface area contributed by atoms with Crippen molar-refractivity contribution in [3.8, 4) is 11.1 Å². The van der Waals surface area contributed by atoms with Crippen LogP contribution in [0.1, 0.15) is 12.8 Å². The Bertz CT molecular complexity index is 781. The van der Waals surface area contributed by atoms with E-state index in [1.165, 1.54) is 6.07 Å². The van der Waals surface area contributed by atoms with Crippen LogP contribution in [0.25, 0.3) is 11.1 Å². The first kappa shape index (κ1) is 16.9. The van der Waals surface area contributed by atoms with Crippen molar-refractivity contribution in [2.75, 3.05) is 13.1 Å². The number of hydrazine groups is 1. The second-order valence-electron chi connectivity index (χ2n) is 5.81. The SMILES string of the molecule is NC(=Nc1cc(-c2ccccc2)ccc1F)N=C(N)NN1CCCC1. The van der Waals surface area contributed by atoms with Crippen LogP contribution in [0.15, 0.2) is 58.5 Å². The van der Waals surface area contributed by atoms with Gasteiger partial charge in [-0.05, 0) is 36.1 Å². The molecule has 0 aromatic heterocycles. The Hall–Kier alpha value is -2.93. The number of rotatable bonds is 3. The van der Waals surface area contributed by atoms with E-state index >= 15 is 0 Å². The summed E-state index contributed by atoms with van der Waals surface area (Å²) in [5.41, 5.74) is 16.5. The van der Waals surface area contributed by atoms with Gasteiger partial charge >= 0.3 is 0 Å². The van der Waals surface area contributed by atoms with Crippen molar-refractivity contribution in [1.82, 2.24) is 10.4 Å². The van der Waals surface area contributed by atoms with Gasteiger partial charge in [-0.15, -0.1) is 0 Å². The fraction of sp³-hybridized carbons (Fsp3) is 0.222. The number of nitrogens with two attached hydrogens (primary N) is 2. The quantitative estimate of drug-likeness (QED) is 0.591. The van der Waals surface area contributed by atoms with Crippen LogP contribution in [0.4, 0.5) is 10.1 Å². The zero-order chi connectivity index (χ0) is 17.6. The Kier molecular flexibility index (Phi) is 5.25. The molecule has 0 aliphatic carbocycles. The van der Waals surface area contributed by atoms with E-state index in [2.05, 4.69) is 15.4 Å². The van der Waals surface area contributed by atoms with Crippen LogP contribution in [0, 0.1) is 5.82 Å². The molecule has 1 saturated heterocycles. The van der Waals surface area contributed by atoms with E-state index in [0.717, 1.165) is 37.1 Å². The van der Waals surface area contributed by atoms with Crippen LogP contribution in [-0.2, 0) is 0 Å². The van der Waals surface area contributed by atoms with Crippen molar-refractivity contribution in [2.24, 2.45) is 21.5 Å². The normalized spacial score (nSPS) is 16.2. The first-order valence-corrected chi connectivity index (χ1v) is 8.17. The molecule has 1 aliphatic rings. The van der Waals surface area contributed by atoms with Gasteiger partial charge in [0.1, 0.15) is 11.5 Å². The highest BCUT2D eigenvalue weighted by atomic mass is 19.1. The van der Waals surface area contributed by atoms with Gasteiger partial charge in [0.05, 0.1) is 0 Å². The average Bonchev–Trinajstić information content (AvgIpc) is 3.10. The molecule has 5 N–H and O–H groups in total. The highest BCUT2D eigenvalue weighted by Gasteiger charge is 2.11. The lowest BCUT2D eigenvalue weighted by Gasteiger charge is -2.16. The third-order valence-corrected chi connectivity index (χ3v) is 3.90. The van der Waals surface area contributed by atoms with Gasteiger partial charge in [-0.3, -0.25) is 5.43 Å². The maximum Gasteiger partial charge on any atom is 0.223 e. The van der Waals surface area contributed by atoms with Crippen molar-refractivity contribution in [3.63, 3.8) is 0 Å². The fourth-order valence-corrected chi connectivity index (χ4v) is 2.70. The number of hydrogen-bond donors (Lipinski definition) is 3. The number of guanidine groups is 2. The van der Waals surface area contributed by atoms with Crippen molar-refractivity contribution in [3.05, 3.63) is 54.3 Å². The summed E-state index contributed by atoms with van der Waals surface area (Å²) < 4.78 is 14.0. The van der Waals surface area contributed by atoms with E-state index < -0.39 is 5.82 Å². The zero-order valence-corrected chi connectivity index (χ0v) is 13.8. The summed E-state index contributed by atoms with van der Waals surface area (Å²) in [7, 11) is 0. The Morgan fingerprint density at radius 2 is 1.72 bits per heavy atom. The average molecular weight is 340 g/mol. The molecule has 2 aromatic rings. The number of halogens is 1. The van der Waals surface area contributed by atoms with Crippen LogP contribution in [0.2, 0.25) is 0 Å². The molecule has 0 atom stereocenters. The number of nitrogens with zero attached hydrogens (tertiary/aromatic N) is 3. The molecule has 1 aliphatic heterocycles. The van der Waals surface area contributed by atoms with Gasteiger partial charge in [0, 0.05) is 13.1 Å². The van der Waals surface area contributed by atoms with Crippen molar-refractivity contribution >= 4 is 17.6 Å². The number of nitrogens with one attached hydrogen (secondary N) is 1. The van der Waals surface area contributed by atoms with Crippen LogP contribution in [-0.4, -0.2) is 30.0 Å². The largest absolute Gasteiger partial charge is 0.368 e. The zero-order valence-electron chi connectivity index (χ0n) is 13.8. The Morgan fingerprint density at radius 1 is 1.00 bits per heavy atom. The van der Waals surface area contributed by atoms with E-state index in [4.69, 9.17) is 11.5 Å². The molecular weight excluding hydrogens is 319 g/mol. The summed E-state index contributed by atoms with van der Waals surface area (Å²) in [6.07, 6.45) is 2.22. The summed E-state index contributed by atoms with van der Waals surface area (Å²) >= 11 is 0. The standard InChI is InChI=1S/C18H21FN6/c19-15-9-8-14(13-6-2-1-3-7-13)12-16(15)22-17(20)23-18(21)24-25-10-4-5-11-25/h1-3,6-9,12H,4-5,10-11H2,(H5,20,21,22,23,24). The minimum Gasteiger partial charge on any atom is -0.368 e. The molecule has 3 rings (SSSR count). The lowest BCUT2D eigenvalue weighted by atomic mass is 10.1. The molecule has 6 nitrogen and oxygen atoms in total. The lowest BCUT2D eigenvalue weighted by molar-refractivity contribution is 0.294. The number of benzene rings is 2. The summed E-state index contributed by atoms with van der Waals surface area (Å²) in [5, 5.41) is 1.96. The van der Waals surface area contributed by atoms with Crippen LogP contribution in [0.5, 0.6) is 0 Å². The monoisotopic (exact) mass is 340 g/mol. The number of hydrogen-bond acceptors (Lipinski definition) is 2. The lowest BCUT2D eigenvalue weighted by Crippen LogP contribution is -2.45. The van der Waals surface area contributed by atoms with Gasteiger partial charge in [-0.1, -0.05) is 36.4 Å². The van der Waals surface area contributed by atoms with E-state index in [-0.39, 0.29) is 17.6 Å². The predicted molar refractivity (Wildman–Crippen MR) is 98.7 cm³/mol.